The van der Waals surface area contributed by atoms with Crippen molar-refractivity contribution in [1.82, 2.24) is 0 Å². The molecule has 1 aromatic carbocycles. The Balaban J connectivity index is 1.84. The molecular formula is C15H19NO2. The number of fused-ring (bicyclic) bond motifs is 1. The second-order valence-corrected chi connectivity index (χ2v) is 5.49. The molecule has 0 atom stereocenters. The Morgan fingerprint density at radius 1 is 1.39 bits per heavy atom. The number of benzene rings is 1. The van der Waals surface area contributed by atoms with E-state index >= 15 is 0 Å². The van der Waals surface area contributed by atoms with Crippen LogP contribution in [0.2, 0.25) is 0 Å². The van der Waals surface area contributed by atoms with E-state index in [1.807, 2.05) is 12.1 Å². The van der Waals surface area contributed by atoms with E-state index in [0.717, 1.165) is 31.0 Å². The van der Waals surface area contributed by atoms with Crippen molar-refractivity contribution < 1.29 is 9.90 Å². The molecule has 0 saturated heterocycles. The average Bonchev–Trinajstić information content (AvgIpc) is 2.67. The summed E-state index contributed by atoms with van der Waals surface area (Å²) in [6.07, 6.45) is 5.25. The van der Waals surface area contributed by atoms with Crippen LogP contribution in [0.5, 0.6) is 0 Å². The summed E-state index contributed by atoms with van der Waals surface area (Å²) in [5.74, 6) is 0.0905. The zero-order valence-electron chi connectivity index (χ0n) is 10.6. The van der Waals surface area contributed by atoms with E-state index in [9.17, 15) is 4.79 Å². The van der Waals surface area contributed by atoms with Crippen LogP contribution in [0, 0.1) is 5.92 Å². The van der Waals surface area contributed by atoms with E-state index in [4.69, 9.17) is 5.11 Å². The maximum absolute atomic E-state index is 10.9. The normalized spacial score (nSPS) is 18.6. The van der Waals surface area contributed by atoms with E-state index in [0.29, 0.717) is 0 Å². The zero-order chi connectivity index (χ0) is 12.5. The Labute approximate surface area is 107 Å². The summed E-state index contributed by atoms with van der Waals surface area (Å²) in [6, 6.07) is 6.09. The highest BCUT2D eigenvalue weighted by atomic mass is 16.4. The van der Waals surface area contributed by atoms with Gasteiger partial charge in [0.05, 0.1) is 6.42 Å². The van der Waals surface area contributed by atoms with Crippen LogP contribution in [-0.4, -0.2) is 24.2 Å². The molecule has 1 aliphatic heterocycles. The molecule has 0 bridgehead atoms. The van der Waals surface area contributed by atoms with Crippen molar-refractivity contribution in [2.45, 2.75) is 32.1 Å². The predicted octanol–water partition coefficient (Wildman–Crippen LogP) is 2.48. The van der Waals surface area contributed by atoms with Gasteiger partial charge < -0.3 is 10.0 Å². The lowest BCUT2D eigenvalue weighted by Gasteiger charge is -2.32. The Hall–Kier alpha value is -1.51. The van der Waals surface area contributed by atoms with Gasteiger partial charge in [-0.3, -0.25) is 4.79 Å². The van der Waals surface area contributed by atoms with Crippen molar-refractivity contribution in [2.75, 3.05) is 18.0 Å². The van der Waals surface area contributed by atoms with Crippen molar-refractivity contribution in [1.29, 1.82) is 0 Å². The van der Waals surface area contributed by atoms with Gasteiger partial charge in [-0.2, -0.15) is 0 Å². The van der Waals surface area contributed by atoms with Gasteiger partial charge in [0.15, 0.2) is 0 Å². The van der Waals surface area contributed by atoms with E-state index in [2.05, 4.69) is 11.0 Å². The molecule has 3 heteroatoms. The monoisotopic (exact) mass is 245 g/mol. The Kier molecular flexibility index (Phi) is 2.98. The third-order valence-corrected chi connectivity index (χ3v) is 4.22. The molecule has 1 N–H and O–H groups in total. The lowest BCUT2D eigenvalue weighted by atomic mass is 9.85. The molecule has 2 aliphatic rings. The van der Waals surface area contributed by atoms with Gasteiger partial charge >= 0.3 is 5.97 Å². The second kappa shape index (κ2) is 4.63. The number of anilines is 1. The zero-order valence-corrected chi connectivity index (χ0v) is 10.6. The highest BCUT2D eigenvalue weighted by molar-refractivity contribution is 5.75. The predicted molar refractivity (Wildman–Crippen MR) is 71.0 cm³/mol. The first-order valence-electron chi connectivity index (χ1n) is 6.81. The topological polar surface area (TPSA) is 40.5 Å². The first-order valence-corrected chi connectivity index (χ1v) is 6.81. The van der Waals surface area contributed by atoms with Gasteiger partial charge in [0.1, 0.15) is 0 Å². The number of nitrogens with zero attached hydrogens (tertiary/aromatic N) is 1. The summed E-state index contributed by atoms with van der Waals surface area (Å²) in [7, 11) is 0. The summed E-state index contributed by atoms with van der Waals surface area (Å²) in [6.45, 7) is 2.17. The van der Waals surface area contributed by atoms with E-state index in [-0.39, 0.29) is 6.42 Å². The lowest BCUT2D eigenvalue weighted by Crippen LogP contribution is -2.31. The largest absolute Gasteiger partial charge is 0.481 e. The van der Waals surface area contributed by atoms with Crippen LogP contribution >= 0.6 is 0 Å². The first-order chi connectivity index (χ1) is 8.74. The maximum Gasteiger partial charge on any atom is 0.307 e. The average molecular weight is 245 g/mol. The lowest BCUT2D eigenvalue weighted by molar-refractivity contribution is -0.136. The van der Waals surface area contributed by atoms with Crippen molar-refractivity contribution in [3.05, 3.63) is 29.3 Å². The third kappa shape index (κ3) is 2.09. The van der Waals surface area contributed by atoms with Crippen LogP contribution in [0.4, 0.5) is 5.69 Å². The van der Waals surface area contributed by atoms with Gasteiger partial charge in [-0.25, -0.2) is 0 Å². The van der Waals surface area contributed by atoms with Crippen LogP contribution in [-0.2, 0) is 17.6 Å². The molecule has 96 valence electrons. The molecule has 1 saturated carbocycles. The number of carbonyl (C=O) groups is 1. The fourth-order valence-electron chi connectivity index (χ4n) is 3.09. The Bertz CT molecular complexity index is 466. The van der Waals surface area contributed by atoms with Crippen LogP contribution in [0.1, 0.15) is 30.4 Å². The molecule has 0 aromatic heterocycles. The van der Waals surface area contributed by atoms with Gasteiger partial charge in [0.25, 0.3) is 0 Å². The number of hydrogen-bond acceptors (Lipinski definition) is 2. The smallest absolute Gasteiger partial charge is 0.307 e. The first kappa shape index (κ1) is 11.6. The van der Waals surface area contributed by atoms with Crippen LogP contribution in [0.15, 0.2) is 18.2 Å². The highest BCUT2D eigenvalue weighted by Crippen LogP contribution is 2.35. The fourth-order valence-corrected chi connectivity index (χ4v) is 3.09. The molecule has 0 radical (unpaired) electrons. The molecular weight excluding hydrogens is 226 g/mol. The van der Waals surface area contributed by atoms with Crippen LogP contribution < -0.4 is 4.90 Å². The molecule has 18 heavy (non-hydrogen) atoms. The number of rotatable bonds is 4. The standard InChI is InChI=1S/C15H19NO2/c17-14(18)9-13-6-2-5-12-7-8-16(15(12)13)10-11-3-1-4-11/h2,5-6,11H,1,3-4,7-10H2,(H,17,18). The summed E-state index contributed by atoms with van der Waals surface area (Å²) in [4.78, 5) is 13.4. The van der Waals surface area contributed by atoms with Crippen molar-refractivity contribution in [2.24, 2.45) is 5.92 Å². The second-order valence-electron chi connectivity index (χ2n) is 5.49. The molecule has 1 aromatic rings. The van der Waals surface area contributed by atoms with Gasteiger partial charge in [-0.15, -0.1) is 0 Å². The van der Waals surface area contributed by atoms with Gasteiger partial charge in [0.2, 0.25) is 0 Å². The minimum Gasteiger partial charge on any atom is -0.481 e. The summed E-state index contributed by atoms with van der Waals surface area (Å²) >= 11 is 0. The highest BCUT2D eigenvalue weighted by Gasteiger charge is 2.27. The van der Waals surface area contributed by atoms with Crippen LogP contribution in [0.25, 0.3) is 0 Å². The van der Waals surface area contributed by atoms with E-state index in [1.54, 1.807) is 0 Å². The van der Waals surface area contributed by atoms with Crippen molar-refractivity contribution in [3.63, 3.8) is 0 Å². The molecule has 1 heterocycles. The Morgan fingerprint density at radius 3 is 2.89 bits per heavy atom. The SMILES string of the molecule is O=C(O)Cc1cccc2c1N(CC1CCC1)CC2. The molecule has 1 fully saturated rings. The van der Waals surface area contributed by atoms with Gasteiger partial charge in [-0.05, 0) is 36.3 Å². The van der Waals surface area contributed by atoms with Crippen LogP contribution in [0.3, 0.4) is 0 Å². The number of aliphatic carboxylic acids is 1. The molecule has 0 amide bonds. The molecule has 3 rings (SSSR count). The summed E-state index contributed by atoms with van der Waals surface area (Å²) in [5.41, 5.74) is 3.52. The Morgan fingerprint density at radius 2 is 2.22 bits per heavy atom. The maximum atomic E-state index is 10.9. The summed E-state index contributed by atoms with van der Waals surface area (Å²) < 4.78 is 0. The minimum atomic E-state index is -0.737. The summed E-state index contributed by atoms with van der Waals surface area (Å²) in [5, 5.41) is 9.01. The molecule has 0 unspecified atom stereocenters. The number of para-hydroxylation sites is 1. The van der Waals surface area contributed by atoms with Crippen molar-refractivity contribution in [3.8, 4) is 0 Å². The van der Waals surface area contributed by atoms with Gasteiger partial charge in [0, 0.05) is 18.8 Å². The quantitative estimate of drug-likeness (QED) is 0.886. The molecule has 3 nitrogen and oxygen atoms in total. The van der Waals surface area contributed by atoms with Gasteiger partial charge in [-0.1, -0.05) is 24.6 Å². The molecule has 1 aliphatic carbocycles. The van der Waals surface area contributed by atoms with Crippen molar-refractivity contribution >= 4 is 11.7 Å². The number of carboxylic acid groups (broad SMARTS) is 1. The fraction of sp³-hybridized carbons (Fsp3) is 0.533. The minimum absolute atomic E-state index is 0.143. The van der Waals surface area contributed by atoms with E-state index < -0.39 is 5.97 Å². The number of carboxylic acids is 1. The van der Waals surface area contributed by atoms with E-state index in [1.165, 1.54) is 30.5 Å². The number of hydrogen-bond donors (Lipinski definition) is 1. The molecule has 0 spiro atoms. The third-order valence-electron chi connectivity index (χ3n) is 4.22.